The summed E-state index contributed by atoms with van der Waals surface area (Å²) in [7, 11) is 0. The maximum atomic E-state index is 13.0. The summed E-state index contributed by atoms with van der Waals surface area (Å²) < 4.78 is 11.5. The highest BCUT2D eigenvalue weighted by Gasteiger charge is 2.53. The summed E-state index contributed by atoms with van der Waals surface area (Å²) in [5.41, 5.74) is 4.76. The summed E-state index contributed by atoms with van der Waals surface area (Å²) in [6.07, 6.45) is -0.619. The van der Waals surface area contributed by atoms with Crippen LogP contribution < -0.4 is 0 Å². The first-order chi connectivity index (χ1) is 14.1. The van der Waals surface area contributed by atoms with Gasteiger partial charge in [0, 0.05) is 18.4 Å². The molecule has 1 aliphatic carbocycles. The first kappa shape index (κ1) is 18.4. The molecule has 150 valence electrons. The van der Waals surface area contributed by atoms with Crippen LogP contribution in [-0.4, -0.2) is 48.7 Å². The molecule has 0 bridgehead atoms. The molecule has 1 amide bonds. The lowest BCUT2D eigenvalue weighted by atomic mass is 9.91. The minimum atomic E-state index is -0.502. The van der Waals surface area contributed by atoms with Gasteiger partial charge in [-0.05, 0) is 28.2 Å². The summed E-state index contributed by atoms with van der Waals surface area (Å²) in [4.78, 5) is 26.9. The second-order valence-corrected chi connectivity index (χ2v) is 8.55. The van der Waals surface area contributed by atoms with Crippen molar-refractivity contribution in [2.45, 2.75) is 31.9 Å². The molecule has 3 aliphatic rings. The lowest BCUT2D eigenvalue weighted by Gasteiger charge is -2.23. The number of carbonyl (C=O) groups excluding carboxylic acids is 2. The molecule has 0 radical (unpaired) electrons. The predicted octanol–water partition coefficient (Wildman–Crippen LogP) is 3.86. The average molecular weight is 391 g/mol. The summed E-state index contributed by atoms with van der Waals surface area (Å²) >= 11 is 0. The van der Waals surface area contributed by atoms with E-state index in [1.807, 2.05) is 24.3 Å². The van der Waals surface area contributed by atoms with Crippen molar-refractivity contribution in [1.82, 2.24) is 4.90 Å². The van der Waals surface area contributed by atoms with Crippen LogP contribution in [0, 0.1) is 11.8 Å². The molecule has 5 nitrogen and oxygen atoms in total. The SMILES string of the molecule is CC(C)C1CN(C(=O)OCC2c3ccccc3-c3ccccc32)C2C(=O)COC12. The smallest absolute Gasteiger partial charge is 0.410 e. The van der Waals surface area contributed by atoms with E-state index in [2.05, 4.69) is 38.1 Å². The van der Waals surface area contributed by atoms with E-state index in [4.69, 9.17) is 9.47 Å². The monoisotopic (exact) mass is 391 g/mol. The van der Waals surface area contributed by atoms with Gasteiger partial charge in [0.15, 0.2) is 5.78 Å². The molecule has 0 spiro atoms. The first-order valence-corrected chi connectivity index (χ1v) is 10.3. The van der Waals surface area contributed by atoms with Crippen molar-refractivity contribution in [2.75, 3.05) is 19.8 Å². The van der Waals surface area contributed by atoms with Crippen molar-refractivity contribution in [3.05, 3.63) is 59.7 Å². The molecule has 3 unspecified atom stereocenters. The fourth-order valence-corrected chi connectivity index (χ4v) is 5.15. The van der Waals surface area contributed by atoms with Crippen molar-refractivity contribution in [2.24, 2.45) is 11.8 Å². The van der Waals surface area contributed by atoms with Crippen LogP contribution in [0.5, 0.6) is 0 Å². The van der Waals surface area contributed by atoms with Crippen LogP contribution in [0.3, 0.4) is 0 Å². The van der Waals surface area contributed by atoms with Crippen LogP contribution in [0.4, 0.5) is 4.79 Å². The minimum Gasteiger partial charge on any atom is -0.448 e. The molecule has 3 atom stereocenters. The molecule has 2 heterocycles. The van der Waals surface area contributed by atoms with Crippen molar-refractivity contribution in [3.8, 4) is 11.1 Å². The molecule has 0 N–H and O–H groups in total. The van der Waals surface area contributed by atoms with E-state index in [9.17, 15) is 9.59 Å². The van der Waals surface area contributed by atoms with Gasteiger partial charge in [-0.2, -0.15) is 0 Å². The number of ketones is 1. The van der Waals surface area contributed by atoms with Crippen molar-refractivity contribution in [1.29, 1.82) is 0 Å². The molecule has 2 fully saturated rings. The zero-order valence-electron chi connectivity index (χ0n) is 16.7. The van der Waals surface area contributed by atoms with Gasteiger partial charge in [-0.15, -0.1) is 0 Å². The van der Waals surface area contributed by atoms with Gasteiger partial charge in [0.25, 0.3) is 0 Å². The Hall–Kier alpha value is -2.66. The molecule has 2 aliphatic heterocycles. The third-order valence-corrected chi connectivity index (χ3v) is 6.65. The third kappa shape index (κ3) is 2.87. The largest absolute Gasteiger partial charge is 0.448 e. The number of amides is 1. The van der Waals surface area contributed by atoms with E-state index in [0.717, 1.165) is 0 Å². The summed E-state index contributed by atoms with van der Waals surface area (Å²) in [5.74, 6) is 0.486. The summed E-state index contributed by atoms with van der Waals surface area (Å²) in [5, 5.41) is 0. The Labute approximate surface area is 170 Å². The highest BCUT2D eigenvalue weighted by atomic mass is 16.6. The van der Waals surface area contributed by atoms with Crippen LogP contribution in [0.2, 0.25) is 0 Å². The molecule has 0 aromatic heterocycles. The molecule has 2 saturated heterocycles. The van der Waals surface area contributed by atoms with Gasteiger partial charge < -0.3 is 9.47 Å². The maximum Gasteiger partial charge on any atom is 0.410 e. The second kappa shape index (κ2) is 6.99. The van der Waals surface area contributed by atoms with Gasteiger partial charge in [0.05, 0.1) is 6.10 Å². The topological polar surface area (TPSA) is 55.8 Å². The van der Waals surface area contributed by atoms with Crippen LogP contribution in [0.1, 0.15) is 30.9 Å². The molecule has 29 heavy (non-hydrogen) atoms. The van der Waals surface area contributed by atoms with E-state index in [0.29, 0.717) is 12.5 Å². The normalized spacial score (nSPS) is 25.3. The van der Waals surface area contributed by atoms with Crippen LogP contribution in [0.15, 0.2) is 48.5 Å². The number of ether oxygens (including phenoxy) is 2. The Morgan fingerprint density at radius 3 is 2.34 bits per heavy atom. The Morgan fingerprint density at radius 1 is 1.10 bits per heavy atom. The standard InChI is InChI=1S/C24H25NO4/c1-14(2)19-11-25(22-21(26)13-28-23(19)22)24(27)29-12-20-17-9-5-3-7-15(17)16-8-4-6-10-18(16)20/h3-10,14,19-20,22-23H,11-13H2,1-2H3. The van der Waals surface area contributed by atoms with E-state index >= 15 is 0 Å². The van der Waals surface area contributed by atoms with Crippen LogP contribution in [-0.2, 0) is 14.3 Å². The fraction of sp³-hybridized carbons (Fsp3) is 0.417. The van der Waals surface area contributed by atoms with E-state index in [1.54, 1.807) is 4.90 Å². The molecule has 2 aromatic rings. The molecular weight excluding hydrogens is 366 g/mol. The highest BCUT2D eigenvalue weighted by Crippen LogP contribution is 2.44. The van der Waals surface area contributed by atoms with Crippen molar-refractivity contribution >= 4 is 11.9 Å². The molecule has 2 aromatic carbocycles. The van der Waals surface area contributed by atoms with Crippen molar-refractivity contribution < 1.29 is 19.1 Å². The Bertz CT molecular complexity index is 923. The number of Topliss-reactive ketones (excluding diaryl/α,β-unsaturated/α-hetero) is 1. The maximum absolute atomic E-state index is 13.0. The number of rotatable bonds is 3. The number of hydrogen-bond donors (Lipinski definition) is 0. The van der Waals surface area contributed by atoms with Crippen LogP contribution >= 0.6 is 0 Å². The number of likely N-dealkylation sites (tertiary alicyclic amines) is 1. The fourth-order valence-electron chi connectivity index (χ4n) is 5.15. The van der Waals surface area contributed by atoms with Gasteiger partial charge in [0.1, 0.15) is 19.3 Å². The number of fused-ring (bicyclic) bond motifs is 4. The zero-order valence-corrected chi connectivity index (χ0v) is 16.7. The molecule has 5 heteroatoms. The highest BCUT2D eigenvalue weighted by molar-refractivity contribution is 5.91. The molecular formula is C24H25NO4. The first-order valence-electron chi connectivity index (χ1n) is 10.3. The van der Waals surface area contributed by atoms with Gasteiger partial charge >= 0.3 is 6.09 Å². The summed E-state index contributed by atoms with van der Waals surface area (Å²) in [6.45, 7) is 5.08. The lowest BCUT2D eigenvalue weighted by molar-refractivity contribution is -0.121. The quantitative estimate of drug-likeness (QED) is 0.797. The van der Waals surface area contributed by atoms with Gasteiger partial charge in [0.2, 0.25) is 0 Å². The van der Waals surface area contributed by atoms with E-state index in [-0.39, 0.29) is 36.9 Å². The van der Waals surface area contributed by atoms with E-state index in [1.165, 1.54) is 22.3 Å². The van der Waals surface area contributed by atoms with Crippen molar-refractivity contribution in [3.63, 3.8) is 0 Å². The number of nitrogens with zero attached hydrogens (tertiary/aromatic N) is 1. The molecule has 0 saturated carbocycles. The van der Waals surface area contributed by atoms with E-state index < -0.39 is 12.1 Å². The second-order valence-electron chi connectivity index (χ2n) is 8.55. The Kier molecular flexibility index (Phi) is 4.43. The van der Waals surface area contributed by atoms with Crippen LogP contribution in [0.25, 0.3) is 11.1 Å². The van der Waals surface area contributed by atoms with Gasteiger partial charge in [-0.3, -0.25) is 9.69 Å². The summed E-state index contributed by atoms with van der Waals surface area (Å²) in [6, 6.07) is 16.0. The molecule has 5 rings (SSSR count). The lowest BCUT2D eigenvalue weighted by Crippen LogP contribution is -2.42. The predicted molar refractivity (Wildman–Crippen MR) is 109 cm³/mol. The third-order valence-electron chi connectivity index (χ3n) is 6.65. The number of carbonyl (C=O) groups is 2. The Balaban J connectivity index is 1.36. The van der Waals surface area contributed by atoms with Gasteiger partial charge in [-0.1, -0.05) is 62.4 Å². The number of hydrogen-bond acceptors (Lipinski definition) is 4. The number of benzene rings is 2. The average Bonchev–Trinajstić information content (AvgIpc) is 3.38. The zero-order chi connectivity index (χ0) is 20.1. The Morgan fingerprint density at radius 2 is 1.72 bits per heavy atom. The minimum absolute atomic E-state index is 0.0150. The van der Waals surface area contributed by atoms with Gasteiger partial charge in [-0.25, -0.2) is 4.79 Å².